The molecule has 2 aliphatic rings. The highest BCUT2D eigenvalue weighted by molar-refractivity contribution is 9.10. The number of ether oxygens (including phenoxy) is 1. The first-order valence-corrected chi connectivity index (χ1v) is 14.7. The second-order valence-corrected chi connectivity index (χ2v) is 12.5. The molecule has 0 radical (unpaired) electrons. The average Bonchev–Trinajstić information content (AvgIpc) is 3.26. The fourth-order valence-corrected chi connectivity index (χ4v) is 6.78. The second kappa shape index (κ2) is 11.3. The van der Waals surface area contributed by atoms with Crippen molar-refractivity contribution in [3.8, 4) is 5.75 Å². The lowest BCUT2D eigenvalue weighted by molar-refractivity contribution is -0.133. The summed E-state index contributed by atoms with van der Waals surface area (Å²) < 4.78 is 8.35. The van der Waals surface area contributed by atoms with Crippen LogP contribution in [0.2, 0.25) is 0 Å². The molecule has 0 saturated carbocycles. The van der Waals surface area contributed by atoms with Crippen LogP contribution in [0.5, 0.6) is 5.75 Å². The normalized spacial score (nSPS) is 23.6. The van der Waals surface area contributed by atoms with E-state index in [9.17, 15) is 9.59 Å². The van der Waals surface area contributed by atoms with Gasteiger partial charge in [-0.25, -0.2) is 0 Å². The third kappa shape index (κ3) is 5.59. The van der Waals surface area contributed by atoms with Gasteiger partial charge in [-0.05, 0) is 68.0 Å². The van der Waals surface area contributed by atoms with Crippen LogP contribution in [0.1, 0.15) is 49.7 Å². The standard InChI is InChI=1S/C31H39BrN4O3/c1-21-14-22(2)18-34(17-21)13-7-12-33-30(38)31(3)20-35-27-16-25(39-4)11-10-23(27)15-28(35)29(37)36(31)19-24-8-5-6-9-26(24)32/h5-6,8-11,15-16,21-22H,7,12-14,17-20H2,1-4H3,(H,33,38). The van der Waals surface area contributed by atoms with Gasteiger partial charge in [0.1, 0.15) is 17.0 Å². The molecule has 7 nitrogen and oxygen atoms in total. The zero-order chi connectivity index (χ0) is 27.7. The number of piperidine rings is 1. The third-order valence-corrected chi connectivity index (χ3v) is 9.07. The summed E-state index contributed by atoms with van der Waals surface area (Å²) in [7, 11) is 1.63. The van der Waals surface area contributed by atoms with Gasteiger partial charge in [0.15, 0.2) is 0 Å². The van der Waals surface area contributed by atoms with E-state index in [4.69, 9.17) is 4.74 Å². The number of nitrogens with zero attached hydrogens (tertiary/aromatic N) is 3. The van der Waals surface area contributed by atoms with Gasteiger partial charge in [0.25, 0.3) is 5.91 Å². The zero-order valence-corrected chi connectivity index (χ0v) is 25.0. The number of nitrogens with one attached hydrogen (secondary N) is 1. The Balaban J connectivity index is 1.39. The van der Waals surface area contributed by atoms with Crippen molar-refractivity contribution >= 4 is 38.6 Å². The lowest BCUT2D eigenvalue weighted by atomic mass is 9.92. The summed E-state index contributed by atoms with van der Waals surface area (Å²) in [4.78, 5) is 32.2. The Morgan fingerprint density at radius 1 is 1.13 bits per heavy atom. The third-order valence-electron chi connectivity index (χ3n) is 8.29. The summed E-state index contributed by atoms with van der Waals surface area (Å²) in [6.07, 6.45) is 2.17. The van der Waals surface area contributed by atoms with E-state index < -0.39 is 5.54 Å². The monoisotopic (exact) mass is 594 g/mol. The first-order valence-electron chi connectivity index (χ1n) is 13.9. The van der Waals surface area contributed by atoms with Gasteiger partial charge in [0.05, 0.1) is 19.2 Å². The predicted octanol–water partition coefficient (Wildman–Crippen LogP) is 5.31. The number of halogens is 1. The van der Waals surface area contributed by atoms with E-state index in [0.29, 0.717) is 37.2 Å². The Labute approximate surface area is 239 Å². The van der Waals surface area contributed by atoms with Crippen molar-refractivity contribution in [2.24, 2.45) is 11.8 Å². The van der Waals surface area contributed by atoms with Gasteiger partial charge in [-0.2, -0.15) is 0 Å². The molecular formula is C31H39BrN4O3. The minimum absolute atomic E-state index is 0.126. The molecule has 3 heterocycles. The Kier molecular flexibility index (Phi) is 8.06. The summed E-state index contributed by atoms with van der Waals surface area (Å²) in [5.74, 6) is 1.87. The first kappa shape index (κ1) is 27.7. The average molecular weight is 596 g/mol. The number of rotatable bonds is 8. The minimum atomic E-state index is -1.07. The molecular weight excluding hydrogens is 556 g/mol. The summed E-state index contributed by atoms with van der Waals surface area (Å²) in [5, 5.41) is 4.14. The van der Waals surface area contributed by atoms with Crippen LogP contribution in [0.3, 0.4) is 0 Å². The van der Waals surface area contributed by atoms with Gasteiger partial charge in [0.2, 0.25) is 5.91 Å². The molecule has 3 aromatic rings. The highest BCUT2D eigenvalue weighted by atomic mass is 79.9. The Morgan fingerprint density at radius 3 is 2.59 bits per heavy atom. The molecule has 3 atom stereocenters. The second-order valence-electron chi connectivity index (χ2n) is 11.6. The van der Waals surface area contributed by atoms with E-state index in [2.05, 4.69) is 40.0 Å². The molecule has 0 aliphatic carbocycles. The van der Waals surface area contributed by atoms with E-state index in [-0.39, 0.29) is 11.8 Å². The van der Waals surface area contributed by atoms with Crippen LogP contribution in [-0.2, 0) is 17.9 Å². The maximum atomic E-state index is 14.0. The fraction of sp³-hybridized carbons (Fsp3) is 0.484. The van der Waals surface area contributed by atoms with Crippen molar-refractivity contribution in [2.75, 3.05) is 33.3 Å². The topological polar surface area (TPSA) is 66.8 Å². The van der Waals surface area contributed by atoms with Crippen LogP contribution in [0.15, 0.2) is 53.0 Å². The molecule has 2 aromatic carbocycles. The van der Waals surface area contributed by atoms with Crippen molar-refractivity contribution in [3.05, 3.63) is 64.3 Å². The maximum absolute atomic E-state index is 14.0. The molecule has 1 N–H and O–H groups in total. The van der Waals surface area contributed by atoms with Crippen molar-refractivity contribution in [1.82, 2.24) is 19.7 Å². The highest BCUT2D eigenvalue weighted by Crippen LogP contribution is 2.35. The molecule has 8 heteroatoms. The Hall–Kier alpha value is -2.84. The number of hydrogen-bond acceptors (Lipinski definition) is 4. The van der Waals surface area contributed by atoms with E-state index in [1.165, 1.54) is 6.42 Å². The Morgan fingerprint density at radius 2 is 1.87 bits per heavy atom. The minimum Gasteiger partial charge on any atom is -0.497 e. The van der Waals surface area contributed by atoms with Crippen molar-refractivity contribution < 1.29 is 14.3 Å². The molecule has 1 saturated heterocycles. The van der Waals surface area contributed by atoms with Crippen LogP contribution in [0, 0.1) is 11.8 Å². The highest BCUT2D eigenvalue weighted by Gasteiger charge is 2.47. The number of aromatic nitrogens is 1. The lowest BCUT2D eigenvalue weighted by Gasteiger charge is -2.44. The van der Waals surface area contributed by atoms with Crippen LogP contribution >= 0.6 is 15.9 Å². The van der Waals surface area contributed by atoms with E-state index in [1.807, 2.05) is 60.0 Å². The zero-order valence-electron chi connectivity index (χ0n) is 23.4. The molecule has 39 heavy (non-hydrogen) atoms. The van der Waals surface area contributed by atoms with Crippen LogP contribution in [0.25, 0.3) is 10.9 Å². The van der Waals surface area contributed by atoms with Crippen LogP contribution in [-0.4, -0.2) is 65.0 Å². The molecule has 2 amide bonds. The summed E-state index contributed by atoms with van der Waals surface area (Å²) >= 11 is 3.63. The van der Waals surface area contributed by atoms with E-state index >= 15 is 0 Å². The smallest absolute Gasteiger partial charge is 0.271 e. The number of benzene rings is 2. The molecule has 1 aromatic heterocycles. The van der Waals surface area contributed by atoms with Gasteiger partial charge in [-0.15, -0.1) is 0 Å². The van der Waals surface area contributed by atoms with Crippen LogP contribution < -0.4 is 10.1 Å². The maximum Gasteiger partial charge on any atom is 0.271 e. The van der Waals surface area contributed by atoms with Gasteiger partial charge in [0, 0.05) is 42.1 Å². The lowest BCUT2D eigenvalue weighted by Crippen LogP contribution is -2.63. The van der Waals surface area contributed by atoms with Gasteiger partial charge in [-0.1, -0.05) is 48.0 Å². The molecule has 3 unspecified atom stereocenters. The molecule has 1 fully saturated rings. The van der Waals surface area contributed by atoms with Crippen LogP contribution in [0.4, 0.5) is 0 Å². The molecule has 5 rings (SSSR count). The molecule has 0 spiro atoms. The number of carbonyl (C=O) groups excluding carboxylic acids is 2. The fourth-order valence-electron chi connectivity index (χ4n) is 6.37. The number of methoxy groups -OCH3 is 1. The predicted molar refractivity (Wildman–Crippen MR) is 158 cm³/mol. The van der Waals surface area contributed by atoms with Crippen molar-refractivity contribution in [2.45, 2.75) is 52.2 Å². The molecule has 208 valence electrons. The van der Waals surface area contributed by atoms with Gasteiger partial charge < -0.3 is 24.4 Å². The Bertz CT molecular complexity index is 1360. The number of hydrogen-bond donors (Lipinski definition) is 1. The number of fused-ring (bicyclic) bond motifs is 3. The van der Waals surface area contributed by atoms with Gasteiger partial charge >= 0.3 is 0 Å². The SMILES string of the molecule is COc1ccc2cc3n(c2c1)CC(C)(C(=O)NCCCN1CC(C)CC(C)C1)N(Cc1ccccc1Br)C3=O. The quantitative estimate of drug-likeness (QED) is 0.359. The van der Waals surface area contributed by atoms with E-state index in [0.717, 1.165) is 52.7 Å². The van der Waals surface area contributed by atoms with E-state index in [1.54, 1.807) is 12.0 Å². The van der Waals surface area contributed by atoms with Crippen molar-refractivity contribution in [3.63, 3.8) is 0 Å². The van der Waals surface area contributed by atoms with Gasteiger partial charge in [-0.3, -0.25) is 9.59 Å². The first-order chi connectivity index (χ1) is 18.7. The molecule has 0 bridgehead atoms. The summed E-state index contributed by atoms with van der Waals surface area (Å²) in [5.41, 5.74) is 1.38. The van der Waals surface area contributed by atoms with Crippen molar-refractivity contribution in [1.29, 1.82) is 0 Å². The summed E-state index contributed by atoms with van der Waals surface area (Å²) in [6.45, 7) is 11.0. The number of carbonyl (C=O) groups is 2. The summed E-state index contributed by atoms with van der Waals surface area (Å²) in [6, 6.07) is 15.6. The molecule has 2 aliphatic heterocycles. The largest absolute Gasteiger partial charge is 0.497 e. The number of likely N-dealkylation sites (tertiary alicyclic amines) is 1. The number of amides is 2.